The van der Waals surface area contributed by atoms with Crippen molar-refractivity contribution in [2.45, 2.75) is 32.0 Å². The Hall–Kier alpha value is -3.41. The number of nitrogens with one attached hydrogen (secondary N) is 5. The first-order valence-electron chi connectivity index (χ1n) is 11.0. The van der Waals surface area contributed by atoms with Gasteiger partial charge in [0, 0.05) is 56.6 Å². The molecule has 1 saturated heterocycles. The summed E-state index contributed by atoms with van der Waals surface area (Å²) in [5, 5.41) is 24.5. The van der Waals surface area contributed by atoms with Crippen molar-refractivity contribution in [2.24, 2.45) is 0 Å². The van der Waals surface area contributed by atoms with Crippen LogP contribution in [0, 0.1) is 16.6 Å². The number of hydrogen-bond donors (Lipinski definition) is 5. The number of ether oxygens (including phenoxy) is 1. The maximum Gasteiger partial charge on any atom is 0.433 e. The normalized spacial score (nSPS) is 19.0. The van der Waals surface area contributed by atoms with E-state index in [0.29, 0.717) is 31.8 Å². The van der Waals surface area contributed by atoms with Crippen molar-refractivity contribution in [2.75, 3.05) is 38.7 Å². The number of nitrogens with zero attached hydrogens (tertiary/aromatic N) is 1. The molecule has 3 rings (SSSR count). The number of hydrogen-bond acceptors (Lipinski definition) is 6. The van der Waals surface area contributed by atoms with Crippen LogP contribution in [-0.2, 0) is 9.53 Å². The van der Waals surface area contributed by atoms with Crippen molar-refractivity contribution >= 4 is 28.7 Å². The highest BCUT2D eigenvalue weighted by atomic mass is 19.4. The third kappa shape index (κ3) is 6.38. The van der Waals surface area contributed by atoms with Crippen molar-refractivity contribution in [3.8, 4) is 0 Å². The number of halogens is 4. The Morgan fingerprint density at radius 1 is 1.29 bits per heavy atom. The van der Waals surface area contributed by atoms with E-state index < -0.39 is 23.3 Å². The fourth-order valence-corrected chi connectivity index (χ4v) is 3.91. The lowest BCUT2D eigenvalue weighted by molar-refractivity contribution is -0.128. The Kier molecular flexibility index (Phi) is 8.15. The van der Waals surface area contributed by atoms with E-state index in [1.807, 2.05) is 0 Å². The lowest BCUT2D eigenvalue weighted by Gasteiger charge is -2.32. The van der Waals surface area contributed by atoms with Crippen LogP contribution in [0.5, 0.6) is 0 Å². The molecule has 1 aromatic carbocycles. The van der Waals surface area contributed by atoms with Crippen LogP contribution in [0.2, 0.25) is 0 Å². The molecular formula is C23H28F4N6O2. The molecule has 0 aromatic heterocycles. The third-order valence-electron chi connectivity index (χ3n) is 5.78. The highest BCUT2D eigenvalue weighted by molar-refractivity contribution is 6.25. The van der Waals surface area contributed by atoms with E-state index in [-0.39, 0.29) is 35.6 Å². The van der Waals surface area contributed by atoms with E-state index in [4.69, 9.17) is 15.6 Å². The summed E-state index contributed by atoms with van der Waals surface area (Å²) in [6, 6.07) is 3.42. The van der Waals surface area contributed by atoms with Crippen LogP contribution in [0.25, 0.3) is 5.57 Å². The molecule has 2 aliphatic heterocycles. The van der Waals surface area contributed by atoms with Gasteiger partial charge in [-0.1, -0.05) is 6.07 Å². The number of carbonyl (C=O) groups excluding carboxylic acids is 1. The van der Waals surface area contributed by atoms with Crippen molar-refractivity contribution in [3.05, 3.63) is 47.0 Å². The minimum atomic E-state index is -4.90. The summed E-state index contributed by atoms with van der Waals surface area (Å²) < 4.78 is 59.5. The summed E-state index contributed by atoms with van der Waals surface area (Å²) in [5.74, 6) is -1.16. The van der Waals surface area contributed by atoms with E-state index in [9.17, 15) is 22.4 Å². The number of anilines is 1. The van der Waals surface area contributed by atoms with Crippen molar-refractivity contribution in [1.29, 1.82) is 10.8 Å². The van der Waals surface area contributed by atoms with E-state index in [1.165, 1.54) is 26.1 Å². The van der Waals surface area contributed by atoms with Crippen LogP contribution in [-0.4, -0.2) is 67.9 Å². The summed E-state index contributed by atoms with van der Waals surface area (Å²) in [7, 11) is 1.38. The number of carbonyl (C=O) groups is 1. The fraction of sp³-hybridized carbons (Fsp3) is 0.435. The van der Waals surface area contributed by atoms with Crippen LogP contribution < -0.4 is 16.0 Å². The van der Waals surface area contributed by atoms with Gasteiger partial charge in [-0.15, -0.1) is 0 Å². The maximum atomic E-state index is 14.9. The predicted octanol–water partition coefficient (Wildman–Crippen LogP) is 3.24. The van der Waals surface area contributed by atoms with Crippen molar-refractivity contribution < 1.29 is 27.1 Å². The minimum Gasteiger partial charge on any atom is -0.393 e. The standard InChI is InChI=1S/C23H28F4N6O2/c1-13(34)33-7-5-19(31-15-6-8-35-12-15)17(11-33)22(29)32-20-4-3-14(9-18(20)24)16(10-30-2)21(28)23(25,26)27/h3-4,9-10,15,28,30-31H,5-8,11-12H2,1-2H3,(H2,29,32)/b16-10-,28-21?/t15-/m0/s1. The van der Waals surface area contributed by atoms with Crippen LogP contribution in [0.3, 0.4) is 0 Å². The second kappa shape index (κ2) is 10.9. The molecule has 35 heavy (non-hydrogen) atoms. The lowest BCUT2D eigenvalue weighted by atomic mass is 10.0. The van der Waals surface area contributed by atoms with Gasteiger partial charge in [0.2, 0.25) is 5.91 Å². The van der Waals surface area contributed by atoms with E-state index in [0.717, 1.165) is 24.4 Å². The number of rotatable bonds is 7. The topological polar surface area (TPSA) is 113 Å². The quantitative estimate of drug-likeness (QED) is 0.226. The van der Waals surface area contributed by atoms with Gasteiger partial charge in [-0.3, -0.25) is 15.6 Å². The lowest BCUT2D eigenvalue weighted by Crippen LogP contribution is -2.42. The Morgan fingerprint density at radius 3 is 2.60 bits per heavy atom. The number of amides is 1. The van der Waals surface area contributed by atoms with Crippen LogP contribution in [0.15, 0.2) is 35.7 Å². The summed E-state index contributed by atoms with van der Waals surface area (Å²) >= 11 is 0. The zero-order valence-corrected chi connectivity index (χ0v) is 19.4. The molecule has 2 heterocycles. The van der Waals surface area contributed by atoms with Gasteiger partial charge in [0.25, 0.3) is 0 Å². The molecule has 0 spiro atoms. The van der Waals surface area contributed by atoms with Gasteiger partial charge in [-0.2, -0.15) is 13.2 Å². The Bertz CT molecular complexity index is 1060. The third-order valence-corrected chi connectivity index (χ3v) is 5.78. The second-order valence-corrected chi connectivity index (χ2v) is 8.27. The molecule has 0 bridgehead atoms. The molecule has 0 radical (unpaired) electrons. The molecule has 0 saturated carbocycles. The first-order chi connectivity index (χ1) is 16.5. The van der Waals surface area contributed by atoms with E-state index in [2.05, 4.69) is 16.0 Å². The van der Waals surface area contributed by atoms with E-state index >= 15 is 0 Å². The molecule has 12 heteroatoms. The Morgan fingerprint density at radius 2 is 2.03 bits per heavy atom. The monoisotopic (exact) mass is 496 g/mol. The SMILES string of the molecule is CN/C=C(\C(=N)C(F)(F)F)c1ccc(NC(=N)C2=C(N[C@H]3CCOC3)CCN(C(C)=O)C2)c(F)c1. The molecule has 1 atom stereocenters. The van der Waals surface area contributed by atoms with Gasteiger partial charge in [-0.25, -0.2) is 4.39 Å². The number of alkyl halides is 3. The second-order valence-electron chi connectivity index (χ2n) is 8.27. The molecule has 1 fully saturated rings. The highest BCUT2D eigenvalue weighted by Gasteiger charge is 2.37. The smallest absolute Gasteiger partial charge is 0.393 e. The van der Waals surface area contributed by atoms with Crippen LogP contribution in [0.1, 0.15) is 25.3 Å². The molecule has 190 valence electrons. The molecule has 0 unspecified atom stereocenters. The average Bonchev–Trinajstić information content (AvgIpc) is 3.31. The van der Waals surface area contributed by atoms with Gasteiger partial charge < -0.3 is 25.6 Å². The Balaban J connectivity index is 1.85. The average molecular weight is 497 g/mol. The first-order valence-corrected chi connectivity index (χ1v) is 11.0. The van der Waals surface area contributed by atoms with Crippen LogP contribution >= 0.6 is 0 Å². The summed E-state index contributed by atoms with van der Waals surface area (Å²) in [6.45, 7) is 3.23. The maximum absolute atomic E-state index is 14.9. The number of amidine groups is 1. The number of allylic oxidation sites excluding steroid dienone is 1. The van der Waals surface area contributed by atoms with Crippen molar-refractivity contribution in [3.63, 3.8) is 0 Å². The van der Waals surface area contributed by atoms with Gasteiger partial charge >= 0.3 is 6.18 Å². The van der Waals surface area contributed by atoms with Gasteiger partial charge in [-0.05, 0) is 24.1 Å². The predicted molar refractivity (Wildman–Crippen MR) is 125 cm³/mol. The molecule has 0 aliphatic carbocycles. The molecule has 1 amide bonds. The summed E-state index contributed by atoms with van der Waals surface area (Å²) in [5.41, 5.74) is -1.11. The first kappa shape index (κ1) is 26.2. The molecule has 5 N–H and O–H groups in total. The molecule has 1 aromatic rings. The highest BCUT2D eigenvalue weighted by Crippen LogP contribution is 2.29. The minimum absolute atomic E-state index is 0.0778. The summed E-state index contributed by atoms with van der Waals surface area (Å²) in [4.78, 5) is 13.5. The van der Waals surface area contributed by atoms with E-state index in [1.54, 1.807) is 4.90 Å². The summed E-state index contributed by atoms with van der Waals surface area (Å²) in [6.07, 6.45) is -2.62. The zero-order chi connectivity index (χ0) is 25.8. The molecule has 8 nitrogen and oxygen atoms in total. The molecular weight excluding hydrogens is 468 g/mol. The fourth-order valence-electron chi connectivity index (χ4n) is 3.91. The zero-order valence-electron chi connectivity index (χ0n) is 19.4. The van der Waals surface area contributed by atoms with Crippen molar-refractivity contribution in [1.82, 2.24) is 15.5 Å². The van der Waals surface area contributed by atoms with Gasteiger partial charge in [0.15, 0.2) is 0 Å². The van der Waals surface area contributed by atoms with Gasteiger partial charge in [0.05, 0.1) is 24.9 Å². The molecule has 2 aliphatic rings. The largest absolute Gasteiger partial charge is 0.433 e. The van der Waals surface area contributed by atoms with Crippen LogP contribution in [0.4, 0.5) is 23.2 Å². The van der Waals surface area contributed by atoms with Gasteiger partial charge in [0.1, 0.15) is 17.4 Å². The number of benzene rings is 1. The Labute approximate surface area is 200 Å².